The molecule has 0 radical (unpaired) electrons. The molecule has 610 valence electrons. The number of hydrogen-bond acceptors (Lipinski definition) is 21. The lowest BCUT2D eigenvalue weighted by atomic mass is 9.74. The standard InChI is InChI=1S/C24H31BO5.C19H22BNO6.C18H19BrO3.C12H18BNO4.C8H7BrO2.2C2H6.ClH/c1-18-12-13-20(16-26)21(25-29-23(2,3)24(4,5)30-25)22(18)28-15-9-14-27-17-19-10-7-6-8-11-19;1-14-8-9-16-17(12-21(23)24)27-20(22)18(16)19(14)26-11-5-10-25-13-15-6-3-2-4-7-15;1-14-8-9-16(12-20)17(19)18(14)22-11-5-10-21-13-15-6-3-2-4-7-15;1-8-3-4-9-10(7-14)18-13(16)11(9)12(8)17-6-2-5-15;1-5-2-3-6(4-10)7(9)8(5)11;2*1-2;/h6-8,10-13,16H,9,14-15,17H2,1-5H3;2-4,6-9,17,22H,5,10-13H2,1H3;2-4,6-9,12H,5,10-11,13H2,1H3;3-4,10,15-16H,2,5-7,14H2,1H3;2-4,11H,1H3;2*1-2H3;1H. The molecule has 3 aliphatic rings. The van der Waals surface area contributed by atoms with Crippen LogP contribution in [0.2, 0.25) is 0 Å². The largest absolute Gasteiger partial charge is 0.506 e. The Kier molecular flexibility index (Phi) is 44.2. The topological polar surface area (TPSA) is 303 Å². The Morgan fingerprint density at radius 1 is 0.478 bits per heavy atom. The third-order valence-corrected chi connectivity index (χ3v) is 19.7. The maximum atomic E-state index is 11.7. The molecule has 28 heteroatoms. The molecule has 0 amide bonds. The average molecular weight is 1710 g/mol. The number of aldehydes is 3. The molecule has 6 N–H and O–H groups in total. The lowest BCUT2D eigenvalue weighted by Gasteiger charge is -2.32. The van der Waals surface area contributed by atoms with Gasteiger partial charge in [-0.25, -0.2) is 0 Å². The first-order chi connectivity index (χ1) is 53.9. The van der Waals surface area contributed by atoms with Crippen LogP contribution in [-0.4, -0.2) is 143 Å². The van der Waals surface area contributed by atoms with Gasteiger partial charge < -0.3 is 77.8 Å². The molecular formula is C85H110B3Br2ClN2O20. The highest BCUT2D eigenvalue weighted by molar-refractivity contribution is 9.11. The van der Waals surface area contributed by atoms with Gasteiger partial charge in [-0.1, -0.05) is 179 Å². The van der Waals surface area contributed by atoms with Crippen molar-refractivity contribution in [2.45, 2.75) is 159 Å². The smallest absolute Gasteiger partial charge is 0.499 e. The highest BCUT2D eigenvalue weighted by Gasteiger charge is 2.53. The Morgan fingerprint density at radius 3 is 1.20 bits per heavy atom. The molecule has 8 aromatic rings. The first-order valence-corrected chi connectivity index (χ1v) is 39.3. The van der Waals surface area contributed by atoms with Crippen molar-refractivity contribution < 1.29 is 91.3 Å². The van der Waals surface area contributed by atoms with Crippen LogP contribution in [0.1, 0.15) is 180 Å². The molecule has 22 nitrogen and oxygen atoms in total. The summed E-state index contributed by atoms with van der Waals surface area (Å²) in [6.45, 7) is 30.8. The van der Waals surface area contributed by atoms with E-state index >= 15 is 0 Å². The van der Waals surface area contributed by atoms with E-state index in [0.29, 0.717) is 157 Å². The highest BCUT2D eigenvalue weighted by Crippen LogP contribution is 2.39. The number of hydrogen-bond donors (Lipinski definition) is 5. The predicted molar refractivity (Wildman–Crippen MR) is 454 cm³/mol. The fourth-order valence-corrected chi connectivity index (χ4v) is 12.6. The number of fused-ring (bicyclic) bond motifs is 2. The molecule has 113 heavy (non-hydrogen) atoms. The third kappa shape index (κ3) is 29.4. The number of carbonyl (C=O) groups is 3. The van der Waals surface area contributed by atoms with Gasteiger partial charge in [-0.2, -0.15) is 0 Å². The van der Waals surface area contributed by atoms with Crippen LogP contribution in [0.5, 0.6) is 28.7 Å². The molecular weight excluding hydrogens is 1600 g/mol. The molecule has 8 aromatic carbocycles. The van der Waals surface area contributed by atoms with Crippen molar-refractivity contribution in [3.8, 4) is 28.7 Å². The number of carbonyl (C=O) groups excluding carboxylic acids is 3. The van der Waals surface area contributed by atoms with E-state index in [-0.39, 0.29) is 37.4 Å². The summed E-state index contributed by atoms with van der Waals surface area (Å²) in [5, 5.41) is 49.0. The van der Waals surface area contributed by atoms with Gasteiger partial charge in [-0.05, 0) is 150 Å². The molecule has 2 unspecified atom stereocenters. The van der Waals surface area contributed by atoms with Gasteiger partial charge in [0.25, 0.3) is 0 Å². The summed E-state index contributed by atoms with van der Waals surface area (Å²) in [4.78, 5) is 43.4. The van der Waals surface area contributed by atoms with Crippen LogP contribution in [-0.2, 0) is 52.6 Å². The third-order valence-electron chi connectivity index (χ3n) is 18.0. The zero-order valence-electron chi connectivity index (χ0n) is 67.1. The molecule has 0 aliphatic carbocycles. The van der Waals surface area contributed by atoms with Gasteiger partial charge in [0.2, 0.25) is 6.54 Å². The summed E-state index contributed by atoms with van der Waals surface area (Å²) in [5.74, 6) is 2.70. The number of rotatable bonds is 32. The molecule has 1 fully saturated rings. The van der Waals surface area contributed by atoms with E-state index in [2.05, 4.69) is 31.9 Å². The van der Waals surface area contributed by atoms with E-state index in [9.17, 15) is 39.7 Å². The number of halogens is 3. The molecule has 11 rings (SSSR count). The van der Waals surface area contributed by atoms with Gasteiger partial charge in [0.1, 0.15) is 41.1 Å². The lowest BCUT2D eigenvalue weighted by Crippen LogP contribution is -2.41. The van der Waals surface area contributed by atoms with Crippen molar-refractivity contribution in [2.24, 2.45) is 5.73 Å². The fourth-order valence-electron chi connectivity index (χ4n) is 11.4. The number of ether oxygens (including phenoxy) is 7. The molecule has 2 atom stereocenters. The van der Waals surface area contributed by atoms with E-state index in [1.807, 2.05) is 204 Å². The van der Waals surface area contributed by atoms with Crippen molar-refractivity contribution in [3.05, 3.63) is 243 Å². The predicted octanol–water partition coefficient (Wildman–Crippen LogP) is 14.9. The second-order valence-electron chi connectivity index (χ2n) is 26.7. The number of aryl methyl sites for hydroxylation is 5. The minimum absolute atomic E-state index is 0. The van der Waals surface area contributed by atoms with Crippen LogP contribution < -0.4 is 41.1 Å². The van der Waals surface area contributed by atoms with Crippen molar-refractivity contribution in [1.29, 1.82) is 0 Å². The van der Waals surface area contributed by atoms with Crippen LogP contribution in [0.25, 0.3) is 0 Å². The second-order valence-corrected chi connectivity index (χ2v) is 28.3. The Morgan fingerprint density at radius 2 is 0.814 bits per heavy atom. The van der Waals surface area contributed by atoms with Gasteiger partial charge in [-0.15, -0.1) is 12.4 Å². The number of nitro groups is 1. The summed E-state index contributed by atoms with van der Waals surface area (Å²) < 4.78 is 64.7. The Hall–Kier alpha value is -7.83. The van der Waals surface area contributed by atoms with Crippen molar-refractivity contribution >= 4 is 101 Å². The number of aliphatic hydroxyl groups is 1. The fraction of sp³-hybridized carbons (Fsp3) is 0.400. The summed E-state index contributed by atoms with van der Waals surface area (Å²) in [6, 6.07) is 48.2. The first-order valence-electron chi connectivity index (χ1n) is 37.7. The minimum Gasteiger partial charge on any atom is -0.506 e. The zero-order valence-corrected chi connectivity index (χ0v) is 71.1. The van der Waals surface area contributed by atoms with Gasteiger partial charge in [0.15, 0.2) is 12.6 Å². The van der Waals surface area contributed by atoms with E-state index in [1.54, 1.807) is 37.3 Å². The molecule has 0 spiro atoms. The minimum atomic E-state index is -1.21. The maximum absolute atomic E-state index is 11.7. The van der Waals surface area contributed by atoms with Crippen molar-refractivity contribution in [3.63, 3.8) is 0 Å². The van der Waals surface area contributed by atoms with Crippen LogP contribution in [0.4, 0.5) is 0 Å². The summed E-state index contributed by atoms with van der Waals surface area (Å²) in [5.41, 5.74) is 17.4. The van der Waals surface area contributed by atoms with E-state index in [1.165, 1.54) is 5.56 Å². The molecule has 0 aromatic heterocycles. The van der Waals surface area contributed by atoms with E-state index < -0.39 is 43.6 Å². The van der Waals surface area contributed by atoms with E-state index in [0.717, 1.165) is 75.7 Å². The molecule has 3 heterocycles. The number of aromatic hydroxyl groups is 1. The number of phenols is 1. The molecule has 0 bridgehead atoms. The van der Waals surface area contributed by atoms with Crippen LogP contribution in [0.15, 0.2) is 161 Å². The maximum Gasteiger partial charge on any atom is 0.499 e. The monoisotopic (exact) mass is 1700 g/mol. The number of nitrogens with zero attached hydrogens (tertiary/aromatic N) is 1. The second kappa shape index (κ2) is 51.2. The van der Waals surface area contributed by atoms with Crippen molar-refractivity contribution in [1.82, 2.24) is 0 Å². The van der Waals surface area contributed by atoms with Gasteiger partial charge in [0, 0.05) is 76.8 Å². The van der Waals surface area contributed by atoms with Crippen LogP contribution >= 0.6 is 44.3 Å². The Labute approximate surface area is 690 Å². The molecule has 1 saturated heterocycles. The van der Waals surface area contributed by atoms with Crippen molar-refractivity contribution in [2.75, 3.05) is 65.9 Å². The quantitative estimate of drug-likeness (QED) is 0.00860. The SMILES string of the molecule is CC.CC.Cc1ccc(C=O)c(B2OC(C)(C)C(C)(C)O2)c1OCCCOCc1ccccc1.Cc1ccc(C=O)c(Br)c1O.Cc1ccc(C=O)c(Br)c1OCCCOCc1ccccc1.Cc1ccc2c(c1OCCCO)B(O)OC2CN.Cc1ccc2c(c1OCCCOCc1ccccc1)B(O)OC2C[N+](=O)[O-].Cl. The number of aliphatic hydroxyl groups excluding tert-OH is 1. The Bertz CT molecular complexity index is 4180. The molecule has 3 aliphatic heterocycles. The number of phenolic OH excluding ortho intramolecular Hbond substituents is 1. The summed E-state index contributed by atoms with van der Waals surface area (Å²) in [7, 11) is -2.86. The summed E-state index contributed by atoms with van der Waals surface area (Å²) in [6.07, 6.45) is 4.08. The lowest BCUT2D eigenvalue weighted by molar-refractivity contribution is -0.490. The summed E-state index contributed by atoms with van der Waals surface area (Å²) >= 11 is 6.53. The number of benzene rings is 8. The van der Waals surface area contributed by atoms with E-state index in [4.69, 9.17) is 62.6 Å². The first kappa shape index (κ1) is 97.5. The number of nitrogens with two attached hydrogens (primary N) is 1. The van der Waals surface area contributed by atoms with Crippen LogP contribution in [0, 0.1) is 44.7 Å². The Balaban J connectivity index is 0.000000302. The molecule has 0 saturated carbocycles. The normalized spacial score (nSPS) is 14.2. The highest BCUT2D eigenvalue weighted by atomic mass is 79.9. The van der Waals surface area contributed by atoms with Gasteiger partial charge in [0.05, 0.1) is 92.3 Å². The van der Waals surface area contributed by atoms with Crippen LogP contribution in [0.3, 0.4) is 0 Å². The van der Waals surface area contributed by atoms with Gasteiger partial charge >= 0.3 is 21.4 Å². The zero-order chi connectivity index (χ0) is 82.3. The van der Waals surface area contributed by atoms with Gasteiger partial charge in [-0.3, -0.25) is 24.5 Å². The average Bonchev–Trinajstić information content (AvgIpc) is 1.32.